The maximum atomic E-state index is 15.2. The van der Waals surface area contributed by atoms with Crippen LogP contribution in [0.5, 0.6) is 0 Å². The van der Waals surface area contributed by atoms with Gasteiger partial charge in [0, 0.05) is 10.9 Å². The van der Waals surface area contributed by atoms with E-state index in [2.05, 4.69) is 6.92 Å². The summed E-state index contributed by atoms with van der Waals surface area (Å²) in [6, 6.07) is 9.29. The minimum atomic E-state index is -1.79. The standard InChI is InChI=1S/C29H24F6/c1-2-3-15-4-6-16(7-5-15)17-8-9-18-12-22(27(33)26(32)21(18)11-17)19-10-20-14-24(31)28(34)29(35)25(20)23(30)13-19/h8-16H,2-7H2,1H3. The van der Waals surface area contributed by atoms with E-state index in [0.717, 1.165) is 49.3 Å². The molecule has 0 unspecified atom stereocenters. The maximum Gasteiger partial charge on any atom is 0.195 e. The Hall–Kier alpha value is -3.02. The van der Waals surface area contributed by atoms with Gasteiger partial charge in [0.25, 0.3) is 0 Å². The fraction of sp³-hybridized carbons (Fsp3) is 0.310. The van der Waals surface area contributed by atoms with Gasteiger partial charge in [-0.05, 0) is 89.8 Å². The molecule has 0 bridgehead atoms. The molecule has 0 saturated heterocycles. The van der Waals surface area contributed by atoms with E-state index in [0.29, 0.717) is 17.4 Å². The minimum absolute atomic E-state index is 0.1000. The van der Waals surface area contributed by atoms with E-state index >= 15 is 8.78 Å². The lowest BCUT2D eigenvalue weighted by atomic mass is 9.77. The number of hydrogen-bond acceptors (Lipinski definition) is 0. The number of rotatable bonds is 4. The highest BCUT2D eigenvalue weighted by atomic mass is 19.2. The Morgan fingerprint density at radius 2 is 1.43 bits per heavy atom. The molecular weight excluding hydrogens is 462 g/mol. The van der Waals surface area contributed by atoms with Crippen LogP contribution >= 0.6 is 0 Å². The van der Waals surface area contributed by atoms with E-state index < -0.39 is 40.3 Å². The highest BCUT2D eigenvalue weighted by molar-refractivity contribution is 5.92. The molecule has 1 fully saturated rings. The number of hydrogen-bond donors (Lipinski definition) is 0. The average molecular weight is 486 g/mol. The van der Waals surface area contributed by atoms with Gasteiger partial charge in [-0.25, -0.2) is 26.3 Å². The Balaban J connectivity index is 1.55. The zero-order valence-electron chi connectivity index (χ0n) is 19.2. The van der Waals surface area contributed by atoms with Crippen LogP contribution in [0.4, 0.5) is 26.3 Å². The molecule has 0 N–H and O–H groups in total. The minimum Gasteiger partial charge on any atom is -0.206 e. The number of halogens is 6. The molecule has 6 heteroatoms. The first-order valence-electron chi connectivity index (χ1n) is 12.0. The summed E-state index contributed by atoms with van der Waals surface area (Å²) in [6.07, 6.45) is 6.68. The van der Waals surface area contributed by atoms with Crippen molar-refractivity contribution in [3.8, 4) is 11.1 Å². The Kier molecular flexibility index (Phi) is 6.24. The van der Waals surface area contributed by atoms with E-state index in [1.807, 2.05) is 6.07 Å². The van der Waals surface area contributed by atoms with Crippen LogP contribution in [0, 0.1) is 40.8 Å². The zero-order chi connectivity index (χ0) is 24.9. The molecule has 4 aromatic carbocycles. The molecule has 1 saturated carbocycles. The fourth-order valence-corrected chi connectivity index (χ4v) is 5.55. The van der Waals surface area contributed by atoms with Crippen molar-refractivity contribution in [2.24, 2.45) is 5.92 Å². The predicted octanol–water partition coefficient (Wildman–Crippen LogP) is 9.57. The van der Waals surface area contributed by atoms with E-state index in [-0.39, 0.29) is 21.9 Å². The van der Waals surface area contributed by atoms with E-state index in [9.17, 15) is 17.6 Å². The second kappa shape index (κ2) is 9.21. The third kappa shape index (κ3) is 4.17. The molecule has 0 radical (unpaired) electrons. The van der Waals surface area contributed by atoms with Gasteiger partial charge in [-0.1, -0.05) is 31.9 Å². The van der Waals surface area contributed by atoms with Crippen LogP contribution in [0.1, 0.15) is 56.9 Å². The first-order valence-corrected chi connectivity index (χ1v) is 12.0. The second-order valence-electron chi connectivity index (χ2n) is 9.58. The SMILES string of the molecule is CCCC1CCC(c2ccc3cc(-c4cc(F)c5c(F)c(F)c(F)cc5c4)c(F)c(F)c3c2)CC1. The van der Waals surface area contributed by atoms with Crippen molar-refractivity contribution in [3.05, 3.63) is 82.9 Å². The fourth-order valence-electron chi connectivity index (χ4n) is 5.55. The Labute approximate surface area is 199 Å². The smallest absolute Gasteiger partial charge is 0.195 e. The first kappa shape index (κ1) is 23.7. The molecular formula is C29H24F6. The molecule has 5 rings (SSSR count). The highest BCUT2D eigenvalue weighted by Crippen LogP contribution is 2.40. The lowest BCUT2D eigenvalue weighted by Crippen LogP contribution is -2.13. The Bertz CT molecular complexity index is 1430. The van der Waals surface area contributed by atoms with Crippen LogP contribution in [-0.4, -0.2) is 0 Å². The van der Waals surface area contributed by atoms with Crippen molar-refractivity contribution in [2.75, 3.05) is 0 Å². The van der Waals surface area contributed by atoms with E-state index in [1.54, 1.807) is 12.1 Å². The molecule has 1 aliphatic carbocycles. The molecule has 182 valence electrons. The third-order valence-corrected chi connectivity index (χ3v) is 7.39. The largest absolute Gasteiger partial charge is 0.206 e. The van der Waals surface area contributed by atoms with Gasteiger partial charge in [-0.2, -0.15) is 0 Å². The molecule has 35 heavy (non-hydrogen) atoms. The zero-order valence-corrected chi connectivity index (χ0v) is 19.2. The average Bonchev–Trinajstić information content (AvgIpc) is 2.85. The van der Waals surface area contributed by atoms with Crippen LogP contribution in [-0.2, 0) is 0 Å². The molecule has 4 aromatic rings. The predicted molar refractivity (Wildman–Crippen MR) is 126 cm³/mol. The van der Waals surface area contributed by atoms with Crippen molar-refractivity contribution >= 4 is 21.5 Å². The van der Waals surface area contributed by atoms with Gasteiger partial charge in [0.15, 0.2) is 29.1 Å². The molecule has 0 spiro atoms. The molecule has 0 aliphatic heterocycles. The topological polar surface area (TPSA) is 0 Å². The highest BCUT2D eigenvalue weighted by Gasteiger charge is 2.24. The maximum absolute atomic E-state index is 15.2. The van der Waals surface area contributed by atoms with Gasteiger partial charge >= 0.3 is 0 Å². The van der Waals surface area contributed by atoms with Crippen LogP contribution in [0.25, 0.3) is 32.7 Å². The van der Waals surface area contributed by atoms with Crippen molar-refractivity contribution in [1.29, 1.82) is 0 Å². The molecule has 0 amide bonds. The molecule has 0 nitrogen and oxygen atoms in total. The molecule has 1 aliphatic rings. The van der Waals surface area contributed by atoms with Crippen molar-refractivity contribution < 1.29 is 26.3 Å². The van der Waals surface area contributed by atoms with Gasteiger partial charge in [0.05, 0.1) is 5.39 Å². The normalized spacial score (nSPS) is 18.5. The molecule has 0 heterocycles. The Morgan fingerprint density at radius 3 is 2.14 bits per heavy atom. The first-order chi connectivity index (χ1) is 16.8. The molecule has 0 aromatic heterocycles. The Morgan fingerprint density at radius 1 is 0.686 bits per heavy atom. The van der Waals surface area contributed by atoms with Gasteiger partial charge in [0.2, 0.25) is 0 Å². The van der Waals surface area contributed by atoms with Gasteiger partial charge < -0.3 is 0 Å². The molecule has 0 atom stereocenters. The number of fused-ring (bicyclic) bond motifs is 2. The van der Waals surface area contributed by atoms with Gasteiger partial charge in [0.1, 0.15) is 5.82 Å². The summed E-state index contributed by atoms with van der Waals surface area (Å²) in [5.41, 5.74) is 0.633. The number of benzene rings is 4. The van der Waals surface area contributed by atoms with Crippen molar-refractivity contribution in [1.82, 2.24) is 0 Å². The van der Waals surface area contributed by atoms with Crippen LogP contribution < -0.4 is 0 Å². The monoisotopic (exact) mass is 486 g/mol. The summed E-state index contributed by atoms with van der Waals surface area (Å²) < 4.78 is 86.4. The van der Waals surface area contributed by atoms with Crippen molar-refractivity contribution in [2.45, 2.75) is 51.4 Å². The summed E-state index contributed by atoms with van der Waals surface area (Å²) in [5, 5.41) is -0.461. The summed E-state index contributed by atoms with van der Waals surface area (Å²) in [4.78, 5) is 0. The van der Waals surface area contributed by atoms with Crippen molar-refractivity contribution in [3.63, 3.8) is 0 Å². The third-order valence-electron chi connectivity index (χ3n) is 7.39. The van der Waals surface area contributed by atoms with Gasteiger partial charge in [-0.3, -0.25) is 0 Å². The van der Waals surface area contributed by atoms with Crippen LogP contribution in [0.3, 0.4) is 0 Å². The lowest BCUT2D eigenvalue weighted by molar-refractivity contribution is 0.308. The summed E-state index contributed by atoms with van der Waals surface area (Å²) in [5.74, 6) is -7.34. The summed E-state index contributed by atoms with van der Waals surface area (Å²) in [6.45, 7) is 2.18. The van der Waals surface area contributed by atoms with Crippen LogP contribution in [0.2, 0.25) is 0 Å². The summed E-state index contributed by atoms with van der Waals surface area (Å²) in [7, 11) is 0. The van der Waals surface area contributed by atoms with E-state index in [4.69, 9.17) is 0 Å². The summed E-state index contributed by atoms with van der Waals surface area (Å²) >= 11 is 0. The quantitative estimate of drug-likeness (QED) is 0.199. The lowest BCUT2D eigenvalue weighted by Gasteiger charge is -2.28. The van der Waals surface area contributed by atoms with E-state index in [1.165, 1.54) is 18.9 Å². The van der Waals surface area contributed by atoms with Gasteiger partial charge in [-0.15, -0.1) is 0 Å². The van der Waals surface area contributed by atoms with Crippen LogP contribution in [0.15, 0.2) is 42.5 Å². The second-order valence-corrected chi connectivity index (χ2v) is 9.58.